The molecule has 0 saturated heterocycles. The Morgan fingerprint density at radius 2 is 0.907 bits per heavy atom. The van der Waals surface area contributed by atoms with Crippen LogP contribution in [0.3, 0.4) is 0 Å². The fraction of sp³-hybridized carbons (Fsp3) is 0.600. The number of benzene rings is 2. The molecule has 43 heavy (non-hydrogen) atoms. The van der Waals surface area contributed by atoms with Crippen molar-refractivity contribution in [1.29, 1.82) is 0 Å². The van der Waals surface area contributed by atoms with E-state index in [1.165, 1.54) is 57.8 Å². The molecule has 7 nitrogen and oxygen atoms in total. The molecule has 0 spiro atoms. The Hall–Kier alpha value is -2.19. The van der Waals surface area contributed by atoms with Crippen LogP contribution in [0.25, 0.3) is 0 Å². The number of unbranched alkanes of at least 4 members (excludes halogenated alkanes) is 11. The second-order valence-corrected chi connectivity index (χ2v) is 12.0. The Bertz CT molecular complexity index is 950. The van der Waals surface area contributed by atoms with E-state index < -0.39 is 17.2 Å². The number of aliphatic hydroxyl groups is 2. The van der Waals surface area contributed by atoms with Gasteiger partial charge >= 0.3 is 23.7 Å². The van der Waals surface area contributed by atoms with Gasteiger partial charge in [-0.05, 0) is 81.1 Å². The number of hydrogen-bond donors (Lipinski definition) is 4. The van der Waals surface area contributed by atoms with E-state index >= 15 is 0 Å². The Morgan fingerprint density at radius 1 is 0.628 bits per heavy atom. The van der Waals surface area contributed by atoms with Gasteiger partial charge in [-0.25, -0.2) is 0 Å². The van der Waals surface area contributed by atoms with Gasteiger partial charge in [0.05, 0.1) is 0 Å². The molecule has 0 aliphatic rings. The molecule has 2 rings (SSSR count). The number of anilines is 2. The third-order valence-electron chi connectivity index (χ3n) is 7.17. The van der Waals surface area contributed by atoms with Crippen molar-refractivity contribution in [3.63, 3.8) is 0 Å². The van der Waals surface area contributed by atoms with Crippen LogP contribution in [-0.4, -0.2) is 33.5 Å². The molecule has 2 aromatic carbocycles. The molecule has 240 valence electrons. The summed E-state index contributed by atoms with van der Waals surface area (Å²) in [4.78, 5) is 26.6. The summed E-state index contributed by atoms with van der Waals surface area (Å²) in [6.07, 6.45) is 15.5. The van der Waals surface area contributed by atoms with Crippen LogP contribution in [0.15, 0.2) is 48.5 Å². The first-order valence-electron chi connectivity index (χ1n) is 15.9. The Balaban J connectivity index is 0.00000270. The molecule has 6 N–H and O–H groups in total. The molecule has 0 unspecified atom stereocenters. The minimum absolute atomic E-state index is 0.0935. The van der Waals surface area contributed by atoms with Gasteiger partial charge < -0.3 is 21.7 Å². The quantitative estimate of drug-likeness (QED) is 0.0403. The van der Waals surface area contributed by atoms with Crippen LogP contribution < -0.4 is 11.5 Å². The van der Waals surface area contributed by atoms with Crippen molar-refractivity contribution in [1.82, 2.24) is 0 Å². The first-order valence-corrected chi connectivity index (χ1v) is 16.5. The first-order chi connectivity index (χ1) is 20.5. The van der Waals surface area contributed by atoms with Crippen LogP contribution in [-0.2, 0) is 23.7 Å². The molecule has 0 aliphatic carbocycles. The van der Waals surface area contributed by atoms with Crippen molar-refractivity contribution in [3.8, 4) is 0 Å². The van der Waals surface area contributed by atoms with Gasteiger partial charge in [0.1, 0.15) is 0 Å². The molecule has 0 aromatic heterocycles. The van der Waals surface area contributed by atoms with E-state index in [0.29, 0.717) is 17.8 Å². The maximum atomic E-state index is 13.3. The zero-order chi connectivity index (χ0) is 32.7. The zero-order valence-electron chi connectivity index (χ0n) is 26.9. The van der Waals surface area contributed by atoms with E-state index in [9.17, 15) is 14.7 Å². The van der Waals surface area contributed by atoms with Crippen molar-refractivity contribution >= 4 is 22.9 Å². The Morgan fingerprint density at radius 3 is 1.21 bits per heavy atom. The number of nitrogens with two attached hydrogens (primary N) is 2. The van der Waals surface area contributed by atoms with Crippen LogP contribution in [0.4, 0.5) is 11.4 Å². The van der Waals surface area contributed by atoms with Gasteiger partial charge in [0.15, 0.2) is 5.60 Å². The predicted octanol–water partition coefficient (Wildman–Crippen LogP) is 8.03. The van der Waals surface area contributed by atoms with Gasteiger partial charge in [0, 0.05) is 28.6 Å². The number of Topliss-reactive ketones (excluding diaryl/α,β-unsaturated/α-hetero) is 2. The van der Waals surface area contributed by atoms with Gasteiger partial charge in [-0.15, -0.1) is 0 Å². The summed E-state index contributed by atoms with van der Waals surface area (Å²) >= 11 is 0.750. The molecular formula is C35H56N2O5Ti. The molecule has 0 heterocycles. The summed E-state index contributed by atoms with van der Waals surface area (Å²) in [7, 11) is 0. The van der Waals surface area contributed by atoms with Crippen molar-refractivity contribution in [2.45, 2.75) is 129 Å². The SMILES string of the molecule is CC(C)CCCCCCCCCCCCCCC(O)(C(=O)c1ccc(N)cc1)C(=O)c1ccc(N)cc1.CC(C)O.[O]=[Ti]. The standard InChI is InChI=1S/C32H48N2O3.C3H8O.O.Ti/c1-25(2)15-13-11-9-7-5-3-4-6-8-10-12-14-24-32(37,30(35)26-16-20-28(33)21-17-26)31(36)27-18-22-29(34)23-19-27;1-3(2)4;;/h16-23,25,37H,3-15,24,33-34H2,1-2H3;3-4H,1-2H3;;. The predicted molar refractivity (Wildman–Crippen MR) is 173 cm³/mol. The Labute approximate surface area is 272 Å². The Kier molecular flexibility index (Phi) is 22.9. The third-order valence-corrected chi connectivity index (χ3v) is 7.17. The number of rotatable bonds is 19. The summed E-state index contributed by atoms with van der Waals surface area (Å²) in [6, 6.07) is 12.7. The van der Waals surface area contributed by atoms with Gasteiger partial charge in [0.25, 0.3) is 0 Å². The number of hydrogen-bond acceptors (Lipinski definition) is 7. The molecule has 0 atom stereocenters. The molecule has 0 aliphatic heterocycles. The molecule has 0 fully saturated rings. The van der Waals surface area contributed by atoms with Crippen LogP contribution >= 0.6 is 0 Å². The second-order valence-electron chi connectivity index (χ2n) is 12.0. The molecular weight excluding hydrogens is 576 g/mol. The monoisotopic (exact) mass is 632 g/mol. The van der Waals surface area contributed by atoms with E-state index in [1.54, 1.807) is 62.4 Å². The summed E-state index contributed by atoms with van der Waals surface area (Å²) < 4.78 is 8.25. The molecule has 0 radical (unpaired) electrons. The van der Waals surface area contributed by atoms with Crippen molar-refractivity contribution < 1.29 is 43.5 Å². The van der Waals surface area contributed by atoms with Gasteiger partial charge in [-0.3, -0.25) is 9.59 Å². The van der Waals surface area contributed by atoms with Crippen molar-refractivity contribution in [2.24, 2.45) is 5.92 Å². The van der Waals surface area contributed by atoms with Gasteiger partial charge in [-0.1, -0.05) is 90.9 Å². The maximum absolute atomic E-state index is 13.3. The number of ketones is 2. The summed E-state index contributed by atoms with van der Waals surface area (Å²) in [5, 5.41) is 19.5. The molecule has 0 bridgehead atoms. The average Bonchev–Trinajstić information content (AvgIpc) is 2.98. The topological polar surface area (TPSA) is 144 Å². The molecule has 2 aromatic rings. The normalized spacial score (nSPS) is 11.0. The fourth-order valence-corrected chi connectivity index (χ4v) is 4.78. The van der Waals surface area contributed by atoms with Crippen molar-refractivity contribution in [2.75, 3.05) is 11.5 Å². The number of aliphatic hydroxyl groups excluding tert-OH is 1. The molecule has 0 amide bonds. The first kappa shape index (κ1) is 40.8. The minimum atomic E-state index is -2.11. The summed E-state index contributed by atoms with van der Waals surface area (Å²) in [5.74, 6) is -0.348. The third kappa shape index (κ3) is 18.3. The van der Waals surface area contributed by atoms with Crippen LogP contribution in [0.2, 0.25) is 0 Å². The van der Waals surface area contributed by atoms with Crippen LogP contribution in [0, 0.1) is 5.92 Å². The van der Waals surface area contributed by atoms with Crippen LogP contribution in [0.5, 0.6) is 0 Å². The number of carbonyl (C=O) groups excluding carboxylic acids is 2. The van der Waals surface area contributed by atoms with Crippen molar-refractivity contribution in [3.05, 3.63) is 59.7 Å². The zero-order valence-corrected chi connectivity index (χ0v) is 28.5. The van der Waals surface area contributed by atoms with E-state index in [2.05, 4.69) is 13.8 Å². The summed E-state index contributed by atoms with van der Waals surface area (Å²) in [5.41, 5.74) is 11.0. The fourth-order valence-electron chi connectivity index (χ4n) is 4.78. The van der Waals surface area contributed by atoms with Gasteiger partial charge in [-0.2, -0.15) is 0 Å². The van der Waals surface area contributed by atoms with Gasteiger partial charge in [0.2, 0.25) is 11.6 Å². The number of carbonyl (C=O) groups is 2. The average molecular weight is 633 g/mol. The van der Waals surface area contributed by atoms with E-state index in [-0.39, 0.29) is 23.7 Å². The molecule has 0 saturated carbocycles. The second kappa shape index (κ2) is 24.2. The summed E-state index contributed by atoms with van der Waals surface area (Å²) in [6.45, 7) is 8.03. The van der Waals surface area contributed by atoms with E-state index in [4.69, 9.17) is 19.9 Å². The van der Waals surface area contributed by atoms with E-state index in [1.807, 2.05) is 0 Å². The molecule has 8 heteroatoms. The van der Waals surface area contributed by atoms with Crippen LogP contribution in [0.1, 0.15) is 138 Å². The van der Waals surface area contributed by atoms with E-state index in [0.717, 1.165) is 45.6 Å². The number of nitrogen functional groups attached to an aromatic ring is 2.